The van der Waals surface area contributed by atoms with Crippen molar-refractivity contribution in [2.75, 3.05) is 26.4 Å². The second-order valence-electron chi connectivity index (χ2n) is 16.7. The van der Waals surface area contributed by atoms with Gasteiger partial charge in [0.2, 0.25) is 0 Å². The fraction of sp³-hybridized carbons (Fsp3) is 0.861. The summed E-state index contributed by atoms with van der Waals surface area (Å²) in [7, 11) is 0. The number of carboxylic acid groups (broad SMARTS) is 1. The number of hydrogen-bond acceptors (Lipinski definition) is 6. The predicted octanol–water partition coefficient (Wildman–Crippen LogP) is 5.76. The highest BCUT2D eigenvalue weighted by molar-refractivity contribution is 5.74. The van der Waals surface area contributed by atoms with Crippen LogP contribution >= 0.6 is 0 Å². The van der Waals surface area contributed by atoms with Crippen LogP contribution in [0.1, 0.15) is 100 Å². The number of aliphatic carboxylic acids is 1. The highest BCUT2D eigenvalue weighted by Gasteiger charge is 2.72. The molecule has 1 aliphatic heterocycles. The molecule has 0 amide bonds. The van der Waals surface area contributed by atoms with Crippen LogP contribution in [0.25, 0.3) is 0 Å². The van der Waals surface area contributed by atoms with Crippen LogP contribution in [-0.4, -0.2) is 61.6 Å². The Morgan fingerprint density at radius 2 is 1.84 bits per heavy atom. The Balaban J connectivity index is 1.52. The van der Waals surface area contributed by atoms with Gasteiger partial charge in [0.15, 0.2) is 5.96 Å². The average molecular weight is 630 g/mol. The smallest absolute Gasteiger partial charge is 0.307 e. The minimum absolute atomic E-state index is 0.0584. The summed E-state index contributed by atoms with van der Waals surface area (Å²) < 4.78 is 19.2. The molecule has 9 nitrogen and oxygen atoms in total. The van der Waals surface area contributed by atoms with E-state index in [1.165, 1.54) is 12.5 Å². The van der Waals surface area contributed by atoms with Crippen LogP contribution in [0.3, 0.4) is 0 Å². The summed E-state index contributed by atoms with van der Waals surface area (Å²) in [6.45, 7) is 19.5. The number of guanidine groups is 1. The van der Waals surface area contributed by atoms with Crippen LogP contribution in [-0.2, 0) is 23.8 Å². The second kappa shape index (κ2) is 11.8. The molecule has 5 rings (SSSR count). The lowest BCUT2D eigenvalue weighted by Gasteiger charge is -2.71. The van der Waals surface area contributed by atoms with Crippen LogP contribution in [0.2, 0.25) is 0 Å². The summed E-state index contributed by atoms with van der Waals surface area (Å²) in [4.78, 5) is 25.8. The van der Waals surface area contributed by atoms with E-state index in [0.29, 0.717) is 57.0 Å². The molecule has 45 heavy (non-hydrogen) atoms. The molecule has 254 valence electrons. The van der Waals surface area contributed by atoms with Gasteiger partial charge in [-0.1, -0.05) is 60.1 Å². The molecule has 2 bridgehead atoms. The molecule has 11 atom stereocenters. The summed E-state index contributed by atoms with van der Waals surface area (Å²) in [5.41, 5.74) is 5.42. The molecular weight excluding hydrogens is 570 g/mol. The van der Waals surface area contributed by atoms with E-state index in [1.807, 2.05) is 0 Å². The van der Waals surface area contributed by atoms with Gasteiger partial charge in [-0.05, 0) is 84.9 Å². The summed E-state index contributed by atoms with van der Waals surface area (Å²) >= 11 is 0. The number of rotatable bonds is 9. The number of allylic oxidation sites excluding steroid dienone is 1. The standard InChI is InChI=1S/C36H59N3O6/c1-21(2)22(3)32(5)14-15-34(7)24-10-11-27-33(6)19-43-20-36(27,25(24)12-13-35(34,8)28(32)30(41)42)18-26(45-23(4)40)29(33)44-17-9-16-39-31(37)38/h12,21-22,24,26-29H,9-11,13-20H2,1-8H3,(H,41,42)(H4,37,38,39)/t22-,24+,26-,27+,28-,29+,32-,33+,34-,35+,36+/m1/s1. The molecule has 1 heterocycles. The molecule has 9 heteroatoms. The summed E-state index contributed by atoms with van der Waals surface area (Å²) in [5, 5.41) is 21.2. The number of nitrogens with one attached hydrogen (secondary N) is 2. The van der Waals surface area contributed by atoms with Crippen LogP contribution in [0, 0.1) is 62.1 Å². The van der Waals surface area contributed by atoms with Crippen molar-refractivity contribution < 1.29 is 28.9 Å². The Morgan fingerprint density at radius 1 is 1.13 bits per heavy atom. The first-order valence-corrected chi connectivity index (χ1v) is 17.4. The zero-order chi connectivity index (χ0) is 33.2. The third kappa shape index (κ3) is 5.13. The molecule has 4 aliphatic carbocycles. The molecule has 5 aliphatic rings. The lowest BCUT2D eigenvalue weighted by Crippen LogP contribution is -2.70. The fourth-order valence-corrected chi connectivity index (χ4v) is 11.7. The van der Waals surface area contributed by atoms with Crippen molar-refractivity contribution in [3.8, 4) is 0 Å². The monoisotopic (exact) mass is 629 g/mol. The zero-order valence-corrected chi connectivity index (χ0v) is 29.0. The molecule has 5 N–H and O–H groups in total. The van der Waals surface area contributed by atoms with Gasteiger partial charge in [0.05, 0.1) is 19.1 Å². The van der Waals surface area contributed by atoms with Crippen LogP contribution in [0.5, 0.6) is 0 Å². The van der Waals surface area contributed by atoms with Crippen LogP contribution in [0.4, 0.5) is 0 Å². The van der Waals surface area contributed by atoms with Crippen molar-refractivity contribution in [2.45, 2.75) is 113 Å². The summed E-state index contributed by atoms with van der Waals surface area (Å²) in [6.07, 6.45) is 7.75. The Morgan fingerprint density at radius 3 is 2.47 bits per heavy atom. The van der Waals surface area contributed by atoms with Crippen molar-refractivity contribution >= 4 is 17.9 Å². The summed E-state index contributed by atoms with van der Waals surface area (Å²) in [6, 6.07) is 0. The van der Waals surface area contributed by atoms with Gasteiger partial charge >= 0.3 is 11.9 Å². The van der Waals surface area contributed by atoms with E-state index in [9.17, 15) is 14.7 Å². The normalized spacial score (nSPS) is 44.5. The minimum Gasteiger partial charge on any atom is -0.481 e. The van der Waals surface area contributed by atoms with Gasteiger partial charge in [-0.3, -0.25) is 15.0 Å². The van der Waals surface area contributed by atoms with E-state index >= 15 is 0 Å². The number of hydrogen-bond donors (Lipinski definition) is 4. The Hall–Kier alpha value is -2.13. The lowest BCUT2D eigenvalue weighted by atomic mass is 9.34. The third-order valence-electron chi connectivity index (χ3n) is 14.3. The van der Waals surface area contributed by atoms with Crippen molar-refractivity contribution in [1.29, 1.82) is 5.41 Å². The first-order valence-electron chi connectivity index (χ1n) is 17.4. The maximum Gasteiger partial charge on any atom is 0.307 e. The number of carbonyl (C=O) groups excluding carboxylic acids is 1. The van der Waals surface area contributed by atoms with E-state index in [-0.39, 0.29) is 51.0 Å². The van der Waals surface area contributed by atoms with E-state index in [2.05, 4.69) is 59.9 Å². The van der Waals surface area contributed by atoms with Gasteiger partial charge in [-0.2, -0.15) is 0 Å². The average Bonchev–Trinajstić information content (AvgIpc) is 2.93. The molecule has 3 saturated carbocycles. The fourth-order valence-electron chi connectivity index (χ4n) is 11.7. The maximum absolute atomic E-state index is 13.3. The molecule has 0 aromatic heterocycles. The molecule has 0 unspecified atom stereocenters. The maximum atomic E-state index is 13.3. The zero-order valence-electron chi connectivity index (χ0n) is 29.0. The van der Waals surface area contributed by atoms with Gasteiger partial charge in [0.1, 0.15) is 12.2 Å². The van der Waals surface area contributed by atoms with E-state index < -0.39 is 18.0 Å². The predicted molar refractivity (Wildman–Crippen MR) is 173 cm³/mol. The Bertz CT molecular complexity index is 1220. The number of carboxylic acids is 1. The Labute approximate surface area is 270 Å². The van der Waals surface area contributed by atoms with Gasteiger partial charge < -0.3 is 30.4 Å². The largest absolute Gasteiger partial charge is 0.481 e. The van der Waals surface area contributed by atoms with Gasteiger partial charge in [0.25, 0.3) is 0 Å². The van der Waals surface area contributed by atoms with Gasteiger partial charge in [0, 0.05) is 30.9 Å². The molecule has 0 aromatic carbocycles. The summed E-state index contributed by atoms with van der Waals surface area (Å²) in [5.74, 6) is -0.170. The number of nitrogens with two attached hydrogens (primary N) is 1. The van der Waals surface area contributed by atoms with Crippen LogP contribution < -0.4 is 11.1 Å². The molecular formula is C36H59N3O6. The highest BCUT2D eigenvalue weighted by Crippen LogP contribution is 2.75. The van der Waals surface area contributed by atoms with Crippen molar-refractivity contribution in [1.82, 2.24) is 5.32 Å². The number of ether oxygens (including phenoxy) is 3. The molecule has 0 aromatic rings. The Kier molecular flexibility index (Phi) is 9.00. The van der Waals surface area contributed by atoms with E-state index in [0.717, 1.165) is 32.1 Å². The first kappa shape index (κ1) is 34.2. The van der Waals surface area contributed by atoms with Crippen LogP contribution in [0.15, 0.2) is 11.6 Å². The quantitative estimate of drug-likeness (QED) is 0.0828. The molecule has 4 fully saturated rings. The third-order valence-corrected chi connectivity index (χ3v) is 14.3. The lowest BCUT2D eigenvalue weighted by molar-refractivity contribution is -0.267. The molecule has 1 saturated heterocycles. The van der Waals surface area contributed by atoms with Gasteiger partial charge in [-0.25, -0.2) is 0 Å². The minimum atomic E-state index is -0.651. The number of esters is 1. The van der Waals surface area contributed by atoms with Gasteiger partial charge in [-0.15, -0.1) is 0 Å². The van der Waals surface area contributed by atoms with E-state index in [4.69, 9.17) is 25.4 Å². The molecule has 0 radical (unpaired) electrons. The topological polar surface area (TPSA) is 144 Å². The number of carbonyl (C=O) groups is 2. The SMILES string of the molecule is CC(=O)O[C@@H]1C[C@@]23COC[C@@](C)([C@@H]2CC[C@H]2C3=CC[C@@]3(C)[C@H](C(=O)O)[C@@](C)([C@H](C)C(C)C)CC[C@]23C)[C@H]1OCCCNC(=N)N. The number of fused-ring (bicyclic) bond motifs is 3. The second-order valence-corrected chi connectivity index (χ2v) is 16.7. The van der Waals surface area contributed by atoms with E-state index in [1.54, 1.807) is 0 Å². The molecule has 0 spiro atoms. The van der Waals surface area contributed by atoms with Crippen molar-refractivity contribution in [3.05, 3.63) is 11.6 Å². The van der Waals surface area contributed by atoms with Crippen molar-refractivity contribution in [3.63, 3.8) is 0 Å². The highest BCUT2D eigenvalue weighted by atomic mass is 16.6. The first-order chi connectivity index (χ1) is 21.0. The van der Waals surface area contributed by atoms with Crippen molar-refractivity contribution in [2.24, 2.45) is 62.4 Å².